The summed E-state index contributed by atoms with van der Waals surface area (Å²) < 4.78 is 13.8. The molecule has 1 aliphatic heterocycles. The molecule has 0 saturated carbocycles. The van der Waals surface area contributed by atoms with Crippen molar-refractivity contribution in [3.8, 4) is 5.75 Å². The third kappa shape index (κ3) is 4.24. The Balaban J connectivity index is 1.34. The fourth-order valence-corrected chi connectivity index (χ4v) is 3.72. The van der Waals surface area contributed by atoms with Crippen molar-refractivity contribution >= 4 is 16.8 Å². The summed E-state index contributed by atoms with van der Waals surface area (Å²) in [6.07, 6.45) is 5.59. The van der Waals surface area contributed by atoms with Crippen LogP contribution in [0.1, 0.15) is 32.2 Å². The number of carbonyl (C=O) groups excluding carboxylic acids is 1. The highest BCUT2D eigenvalue weighted by atomic mass is 16.5. The highest BCUT2D eigenvalue weighted by molar-refractivity contribution is 5.81. The van der Waals surface area contributed by atoms with Crippen LogP contribution >= 0.6 is 0 Å². The molecule has 4 rings (SSSR count). The minimum Gasteiger partial charge on any atom is -0.479 e. The summed E-state index contributed by atoms with van der Waals surface area (Å²) >= 11 is 0. The number of hydrogen-bond acceptors (Lipinski definition) is 5. The molecule has 3 heterocycles. The number of amides is 1. The number of para-hydroxylation sites is 1. The normalized spacial score (nSPS) is 19.9. The number of nitrogens with one attached hydrogen (secondary N) is 1. The molecule has 0 bridgehead atoms. The van der Waals surface area contributed by atoms with Gasteiger partial charge in [-0.15, -0.1) is 0 Å². The number of fused-ring (bicyclic) bond motifs is 1. The van der Waals surface area contributed by atoms with Gasteiger partial charge >= 0.3 is 0 Å². The van der Waals surface area contributed by atoms with Gasteiger partial charge in [0.2, 0.25) is 0 Å². The molecule has 1 fully saturated rings. The maximum atomic E-state index is 12.6. The Morgan fingerprint density at radius 1 is 1.38 bits per heavy atom. The topological polar surface area (TPSA) is 78.3 Å². The zero-order valence-corrected chi connectivity index (χ0v) is 16.7. The van der Waals surface area contributed by atoms with Gasteiger partial charge in [0, 0.05) is 43.4 Å². The smallest absolute Gasteiger partial charge is 0.260 e. The first-order valence-electron chi connectivity index (χ1n) is 10.1. The Kier molecular flexibility index (Phi) is 5.76. The molecule has 29 heavy (non-hydrogen) atoms. The van der Waals surface area contributed by atoms with Gasteiger partial charge in [-0.2, -0.15) is 0 Å². The summed E-state index contributed by atoms with van der Waals surface area (Å²) in [5.41, 5.74) is 0.898. The maximum Gasteiger partial charge on any atom is 0.260 e. The number of imidazole rings is 1. The summed E-state index contributed by atoms with van der Waals surface area (Å²) in [6.45, 7) is 5.88. The number of pyridine rings is 1. The molecular weight excluding hydrogens is 368 g/mol. The summed E-state index contributed by atoms with van der Waals surface area (Å²) in [6, 6.07) is 9.71. The number of aryl methyl sites for hydroxylation is 1. The van der Waals surface area contributed by atoms with Crippen LogP contribution in [0.5, 0.6) is 5.75 Å². The summed E-state index contributed by atoms with van der Waals surface area (Å²) in [4.78, 5) is 21.4. The predicted octanol–water partition coefficient (Wildman–Crippen LogP) is 3.11. The van der Waals surface area contributed by atoms with Gasteiger partial charge in [0.1, 0.15) is 17.7 Å². The van der Waals surface area contributed by atoms with Gasteiger partial charge in [0.05, 0.1) is 11.7 Å². The van der Waals surface area contributed by atoms with E-state index in [2.05, 4.69) is 26.8 Å². The molecule has 3 atom stereocenters. The van der Waals surface area contributed by atoms with Crippen LogP contribution in [0.15, 0.2) is 48.9 Å². The van der Waals surface area contributed by atoms with Crippen LogP contribution in [-0.4, -0.2) is 39.7 Å². The molecule has 7 heteroatoms. The quantitative estimate of drug-likeness (QED) is 0.666. The lowest BCUT2D eigenvalue weighted by Gasteiger charge is -2.21. The van der Waals surface area contributed by atoms with Crippen LogP contribution in [0.2, 0.25) is 0 Å². The average Bonchev–Trinajstić information content (AvgIpc) is 3.40. The lowest BCUT2D eigenvalue weighted by molar-refractivity contribution is -0.127. The van der Waals surface area contributed by atoms with Crippen molar-refractivity contribution in [1.29, 1.82) is 0 Å². The molecule has 0 radical (unpaired) electrons. The number of rotatable bonds is 7. The molecule has 152 valence electrons. The van der Waals surface area contributed by atoms with Crippen LogP contribution in [0.3, 0.4) is 0 Å². The second-order valence-corrected chi connectivity index (χ2v) is 7.28. The van der Waals surface area contributed by atoms with Crippen LogP contribution in [0.4, 0.5) is 0 Å². The van der Waals surface area contributed by atoms with E-state index in [1.165, 1.54) is 0 Å². The summed E-state index contributed by atoms with van der Waals surface area (Å²) in [5, 5.41) is 3.99. The molecule has 1 aliphatic rings. The van der Waals surface area contributed by atoms with E-state index < -0.39 is 6.10 Å². The minimum absolute atomic E-state index is 0.0915. The van der Waals surface area contributed by atoms with Crippen molar-refractivity contribution in [2.75, 3.05) is 13.2 Å². The van der Waals surface area contributed by atoms with E-state index in [1.54, 1.807) is 19.3 Å². The van der Waals surface area contributed by atoms with Crippen LogP contribution in [-0.2, 0) is 16.1 Å². The van der Waals surface area contributed by atoms with E-state index in [-0.39, 0.29) is 17.9 Å². The maximum absolute atomic E-state index is 12.6. The van der Waals surface area contributed by atoms with Crippen LogP contribution in [0, 0.1) is 5.92 Å². The molecule has 7 nitrogen and oxygen atoms in total. The van der Waals surface area contributed by atoms with Gasteiger partial charge in [0.15, 0.2) is 6.10 Å². The van der Waals surface area contributed by atoms with Gasteiger partial charge in [0.25, 0.3) is 5.91 Å². The largest absolute Gasteiger partial charge is 0.479 e. The lowest BCUT2D eigenvalue weighted by atomic mass is 10.0. The van der Waals surface area contributed by atoms with E-state index in [0.29, 0.717) is 18.9 Å². The predicted molar refractivity (Wildman–Crippen MR) is 110 cm³/mol. The molecule has 0 aliphatic carbocycles. The Morgan fingerprint density at radius 3 is 3.10 bits per heavy atom. The third-order valence-corrected chi connectivity index (χ3v) is 5.34. The first-order valence-corrected chi connectivity index (χ1v) is 10.1. The zero-order valence-electron chi connectivity index (χ0n) is 16.7. The standard InChI is InChI=1S/C22H26N4O3/c1-3-26-10-9-23-21(26)20-17(8-11-28-20)13-25-22(27)15(2)29-18-12-16-6-4-5-7-19(16)24-14-18/h4-7,9-10,12,14-15,17,20H,3,8,11,13H2,1-2H3,(H,25,27)/t15-,17-,20+/m0/s1. The monoisotopic (exact) mass is 394 g/mol. The van der Waals surface area contributed by atoms with Crippen molar-refractivity contribution in [1.82, 2.24) is 19.9 Å². The fraction of sp³-hybridized carbons (Fsp3) is 0.409. The molecular formula is C22H26N4O3. The first-order chi connectivity index (χ1) is 14.2. The second kappa shape index (κ2) is 8.61. The summed E-state index contributed by atoms with van der Waals surface area (Å²) in [5.74, 6) is 1.55. The Hall–Kier alpha value is -2.93. The SMILES string of the molecule is CCn1ccnc1[C@@H]1OCC[C@H]1CNC(=O)[C@H](C)Oc1cnc2ccccc2c1. The van der Waals surface area contributed by atoms with Crippen molar-refractivity contribution in [2.45, 2.75) is 39.0 Å². The van der Waals surface area contributed by atoms with Gasteiger partial charge in [-0.1, -0.05) is 18.2 Å². The minimum atomic E-state index is -0.614. The third-order valence-electron chi connectivity index (χ3n) is 5.34. The van der Waals surface area contributed by atoms with Crippen molar-refractivity contribution in [3.05, 3.63) is 54.7 Å². The van der Waals surface area contributed by atoms with Gasteiger partial charge in [-0.3, -0.25) is 9.78 Å². The number of aromatic nitrogens is 3. The van der Waals surface area contributed by atoms with Crippen LogP contribution < -0.4 is 10.1 Å². The summed E-state index contributed by atoms with van der Waals surface area (Å²) in [7, 11) is 0. The van der Waals surface area contributed by atoms with E-state index in [4.69, 9.17) is 9.47 Å². The van der Waals surface area contributed by atoms with Crippen molar-refractivity contribution < 1.29 is 14.3 Å². The van der Waals surface area contributed by atoms with Gasteiger partial charge in [-0.25, -0.2) is 4.98 Å². The zero-order chi connectivity index (χ0) is 20.2. The van der Waals surface area contributed by atoms with E-state index >= 15 is 0 Å². The molecule has 0 unspecified atom stereocenters. The first kappa shape index (κ1) is 19.4. The number of ether oxygens (including phenoxy) is 2. The van der Waals surface area contributed by atoms with Crippen LogP contribution in [0.25, 0.3) is 10.9 Å². The number of benzene rings is 1. The molecule has 2 aromatic heterocycles. The Morgan fingerprint density at radius 2 is 2.24 bits per heavy atom. The highest BCUT2D eigenvalue weighted by Crippen LogP contribution is 2.33. The highest BCUT2D eigenvalue weighted by Gasteiger charge is 2.33. The molecule has 0 spiro atoms. The van der Waals surface area contributed by atoms with Crippen molar-refractivity contribution in [3.63, 3.8) is 0 Å². The molecule has 1 aromatic carbocycles. The number of nitrogens with zero attached hydrogens (tertiary/aromatic N) is 3. The average molecular weight is 394 g/mol. The second-order valence-electron chi connectivity index (χ2n) is 7.28. The lowest BCUT2D eigenvalue weighted by Crippen LogP contribution is -2.39. The molecule has 1 saturated heterocycles. The number of carbonyl (C=O) groups is 1. The van der Waals surface area contributed by atoms with Gasteiger partial charge < -0.3 is 19.4 Å². The Labute approximate surface area is 170 Å². The number of hydrogen-bond donors (Lipinski definition) is 1. The van der Waals surface area contributed by atoms with Crippen molar-refractivity contribution in [2.24, 2.45) is 5.92 Å². The molecule has 3 aromatic rings. The van der Waals surface area contributed by atoms with E-state index in [9.17, 15) is 4.79 Å². The van der Waals surface area contributed by atoms with Gasteiger partial charge in [-0.05, 0) is 32.4 Å². The fourth-order valence-electron chi connectivity index (χ4n) is 3.72. The van der Waals surface area contributed by atoms with E-state index in [1.807, 2.05) is 36.5 Å². The molecule has 1 N–H and O–H groups in total. The Bertz CT molecular complexity index is 987. The molecule has 1 amide bonds. The van der Waals surface area contributed by atoms with E-state index in [0.717, 1.165) is 29.7 Å².